The van der Waals surface area contributed by atoms with Gasteiger partial charge in [-0.3, -0.25) is 0 Å². The molecule has 0 fully saturated rings. The van der Waals surface area contributed by atoms with Gasteiger partial charge in [-0.05, 0) is 36.1 Å². The summed E-state index contributed by atoms with van der Waals surface area (Å²) in [6.45, 7) is 2.07. The zero-order chi connectivity index (χ0) is 13.1. The molecular weight excluding hydrogens is 310 g/mol. The Bertz CT molecular complexity index is 554. The lowest BCUT2D eigenvalue weighted by Crippen LogP contribution is -2.14. The topological polar surface area (TPSA) is 26.0 Å². The van der Waals surface area contributed by atoms with Crippen LogP contribution in [0.15, 0.2) is 46.9 Å². The van der Waals surface area contributed by atoms with Gasteiger partial charge in [-0.2, -0.15) is 0 Å². The molecule has 0 heterocycles. The maximum Gasteiger partial charge on any atom is 0.0438 e. The average molecular weight is 325 g/mol. The number of aryl methyl sites for hydroxylation is 1. The molecule has 94 valence electrons. The van der Waals surface area contributed by atoms with Crippen LogP contribution in [0.5, 0.6) is 0 Å². The molecule has 2 aromatic carbocycles. The highest BCUT2D eigenvalue weighted by atomic mass is 79.9. The van der Waals surface area contributed by atoms with E-state index in [2.05, 4.69) is 35.0 Å². The minimum atomic E-state index is -0.0563. The maximum atomic E-state index is 6.28. The third-order valence-corrected chi connectivity index (χ3v) is 4.47. The van der Waals surface area contributed by atoms with Gasteiger partial charge in [0.2, 0.25) is 0 Å². The van der Waals surface area contributed by atoms with Gasteiger partial charge in [0.1, 0.15) is 0 Å². The van der Waals surface area contributed by atoms with E-state index in [1.807, 2.05) is 30.3 Å². The van der Waals surface area contributed by atoms with E-state index in [1.54, 1.807) is 0 Å². The zero-order valence-corrected chi connectivity index (χ0v) is 12.5. The molecule has 2 aromatic rings. The first-order valence-electron chi connectivity index (χ1n) is 5.83. The second kappa shape index (κ2) is 5.87. The summed E-state index contributed by atoms with van der Waals surface area (Å²) in [5.41, 5.74) is 9.68. The van der Waals surface area contributed by atoms with Crippen LogP contribution in [0, 0.1) is 6.92 Å². The first-order valence-corrected chi connectivity index (χ1v) is 7.00. The van der Waals surface area contributed by atoms with Crippen molar-refractivity contribution in [3.8, 4) is 0 Å². The van der Waals surface area contributed by atoms with Crippen LogP contribution in [0.4, 0.5) is 0 Å². The van der Waals surface area contributed by atoms with Crippen molar-refractivity contribution in [1.29, 1.82) is 0 Å². The number of nitrogens with two attached hydrogens (primary N) is 1. The van der Waals surface area contributed by atoms with Crippen LogP contribution in [0.2, 0.25) is 5.02 Å². The second-order valence-corrected chi connectivity index (χ2v) is 5.58. The van der Waals surface area contributed by atoms with Gasteiger partial charge in [0, 0.05) is 15.5 Å². The van der Waals surface area contributed by atoms with Crippen molar-refractivity contribution in [3.63, 3.8) is 0 Å². The molecule has 1 unspecified atom stereocenters. The van der Waals surface area contributed by atoms with Crippen LogP contribution < -0.4 is 5.73 Å². The van der Waals surface area contributed by atoms with Gasteiger partial charge in [0.25, 0.3) is 0 Å². The summed E-state index contributed by atoms with van der Waals surface area (Å²) < 4.78 is 1.09. The van der Waals surface area contributed by atoms with Crippen molar-refractivity contribution in [2.45, 2.75) is 19.4 Å². The Balaban J connectivity index is 2.25. The SMILES string of the molecule is Cc1cccc(C(N)Cc2ccccc2Cl)c1Br. The molecule has 0 radical (unpaired) electrons. The first-order chi connectivity index (χ1) is 8.59. The Kier molecular flexibility index (Phi) is 4.44. The molecule has 0 aliphatic heterocycles. The van der Waals surface area contributed by atoms with Crippen molar-refractivity contribution in [3.05, 3.63) is 68.7 Å². The Morgan fingerprint density at radius 2 is 1.89 bits per heavy atom. The van der Waals surface area contributed by atoms with Gasteiger partial charge < -0.3 is 5.73 Å². The van der Waals surface area contributed by atoms with E-state index < -0.39 is 0 Å². The highest BCUT2D eigenvalue weighted by Gasteiger charge is 2.13. The predicted molar refractivity (Wildman–Crippen MR) is 81.0 cm³/mol. The average Bonchev–Trinajstić information content (AvgIpc) is 2.35. The smallest absolute Gasteiger partial charge is 0.0438 e. The van der Waals surface area contributed by atoms with Crippen molar-refractivity contribution in [2.75, 3.05) is 0 Å². The van der Waals surface area contributed by atoms with Gasteiger partial charge in [0.15, 0.2) is 0 Å². The van der Waals surface area contributed by atoms with Crippen LogP contribution >= 0.6 is 27.5 Å². The van der Waals surface area contributed by atoms with E-state index in [4.69, 9.17) is 17.3 Å². The van der Waals surface area contributed by atoms with E-state index >= 15 is 0 Å². The van der Waals surface area contributed by atoms with Crippen LogP contribution in [-0.4, -0.2) is 0 Å². The van der Waals surface area contributed by atoms with Gasteiger partial charge >= 0.3 is 0 Å². The van der Waals surface area contributed by atoms with E-state index in [-0.39, 0.29) is 6.04 Å². The number of rotatable bonds is 3. The van der Waals surface area contributed by atoms with E-state index in [1.165, 1.54) is 5.56 Å². The minimum Gasteiger partial charge on any atom is -0.324 e. The van der Waals surface area contributed by atoms with Crippen LogP contribution in [-0.2, 0) is 6.42 Å². The normalized spacial score (nSPS) is 12.4. The van der Waals surface area contributed by atoms with Crippen molar-refractivity contribution in [2.24, 2.45) is 5.73 Å². The highest BCUT2D eigenvalue weighted by molar-refractivity contribution is 9.10. The van der Waals surface area contributed by atoms with Crippen LogP contribution in [0.25, 0.3) is 0 Å². The third-order valence-electron chi connectivity index (χ3n) is 3.02. The summed E-state index contributed by atoms with van der Waals surface area (Å²) >= 11 is 9.76. The Labute approximate surface area is 121 Å². The second-order valence-electron chi connectivity index (χ2n) is 4.38. The highest BCUT2D eigenvalue weighted by Crippen LogP contribution is 2.28. The standard InChI is InChI=1S/C15H15BrClN/c1-10-5-4-7-12(15(10)16)14(18)9-11-6-2-3-8-13(11)17/h2-8,14H,9,18H2,1H3. The summed E-state index contributed by atoms with van der Waals surface area (Å²) in [5.74, 6) is 0. The van der Waals surface area contributed by atoms with Gasteiger partial charge in [-0.25, -0.2) is 0 Å². The lowest BCUT2D eigenvalue weighted by molar-refractivity contribution is 0.717. The minimum absolute atomic E-state index is 0.0563. The Hall–Kier alpha value is -0.830. The molecule has 1 nitrogen and oxygen atoms in total. The summed E-state index contributed by atoms with van der Waals surface area (Å²) in [4.78, 5) is 0. The molecule has 0 aliphatic rings. The fraction of sp³-hybridized carbons (Fsp3) is 0.200. The summed E-state index contributed by atoms with van der Waals surface area (Å²) in [7, 11) is 0. The van der Waals surface area contributed by atoms with Crippen LogP contribution in [0.3, 0.4) is 0 Å². The molecule has 0 bridgehead atoms. The monoisotopic (exact) mass is 323 g/mol. The molecule has 1 atom stereocenters. The van der Waals surface area contributed by atoms with Crippen molar-refractivity contribution >= 4 is 27.5 Å². The van der Waals surface area contributed by atoms with Crippen molar-refractivity contribution in [1.82, 2.24) is 0 Å². The van der Waals surface area contributed by atoms with Crippen LogP contribution in [0.1, 0.15) is 22.7 Å². The first kappa shape index (κ1) is 13.6. The molecule has 2 rings (SSSR count). The summed E-state index contributed by atoms with van der Waals surface area (Å²) in [6.07, 6.45) is 0.738. The van der Waals surface area contributed by atoms with Crippen molar-refractivity contribution < 1.29 is 0 Å². The quantitative estimate of drug-likeness (QED) is 0.873. The van der Waals surface area contributed by atoms with Gasteiger partial charge in [0.05, 0.1) is 0 Å². The Morgan fingerprint density at radius 3 is 2.61 bits per heavy atom. The molecule has 2 N–H and O–H groups in total. The molecule has 0 aromatic heterocycles. The maximum absolute atomic E-state index is 6.28. The number of benzene rings is 2. The zero-order valence-electron chi connectivity index (χ0n) is 10.2. The molecule has 0 amide bonds. The number of hydrogen-bond donors (Lipinski definition) is 1. The summed E-state index contributed by atoms with van der Waals surface area (Å²) in [5, 5.41) is 0.775. The molecular formula is C15H15BrClN. The van der Waals surface area contributed by atoms with Gasteiger partial charge in [-0.1, -0.05) is 63.9 Å². The molecule has 0 spiro atoms. The van der Waals surface area contributed by atoms with E-state index in [0.717, 1.165) is 27.0 Å². The molecule has 0 saturated carbocycles. The number of hydrogen-bond acceptors (Lipinski definition) is 1. The summed E-state index contributed by atoms with van der Waals surface area (Å²) in [6, 6.07) is 13.9. The fourth-order valence-corrected chi connectivity index (χ4v) is 2.74. The lowest BCUT2D eigenvalue weighted by atomic mass is 9.98. The van der Waals surface area contributed by atoms with E-state index in [9.17, 15) is 0 Å². The van der Waals surface area contributed by atoms with Gasteiger partial charge in [-0.15, -0.1) is 0 Å². The largest absolute Gasteiger partial charge is 0.324 e. The fourth-order valence-electron chi connectivity index (χ4n) is 1.97. The number of halogens is 2. The van der Waals surface area contributed by atoms with E-state index in [0.29, 0.717) is 0 Å². The Morgan fingerprint density at radius 1 is 1.17 bits per heavy atom. The third kappa shape index (κ3) is 2.94. The molecule has 0 aliphatic carbocycles. The lowest BCUT2D eigenvalue weighted by Gasteiger charge is -2.16. The molecule has 0 saturated heterocycles. The predicted octanol–water partition coefficient (Wildman–Crippen LogP) is 4.65. The molecule has 3 heteroatoms. The molecule has 18 heavy (non-hydrogen) atoms.